The van der Waals surface area contributed by atoms with Crippen molar-refractivity contribution in [3.05, 3.63) is 0 Å². The topological polar surface area (TPSA) is 27.7 Å². The second-order valence-corrected chi connectivity index (χ2v) is 10.2. The van der Waals surface area contributed by atoms with Crippen LogP contribution >= 0.6 is 0 Å². The van der Waals surface area contributed by atoms with E-state index >= 15 is 0 Å². The van der Waals surface area contributed by atoms with Gasteiger partial charge in [-0.1, -0.05) is 0 Å². The molecule has 0 aliphatic carbocycles. The summed E-state index contributed by atoms with van der Waals surface area (Å²) in [5, 5.41) is 0. The van der Waals surface area contributed by atoms with Crippen LogP contribution in [-0.2, 0) is 13.3 Å². The third kappa shape index (κ3) is 5.98. The summed E-state index contributed by atoms with van der Waals surface area (Å²) < 4.78 is 242. The Labute approximate surface area is 204 Å². The molecule has 3 nitrogen and oxygen atoms in total. The average Bonchev–Trinajstić information content (AvgIpc) is 2.72. The highest BCUT2D eigenvalue weighted by molar-refractivity contribution is 6.60. The van der Waals surface area contributed by atoms with Gasteiger partial charge in [0.05, 0.1) is 0 Å². The smallest absolute Gasteiger partial charge is 0.374 e. The van der Waals surface area contributed by atoms with Crippen LogP contribution in [0.15, 0.2) is 0 Å². The second kappa shape index (κ2) is 11.4. The molecule has 0 atom stereocenters. The number of hydrogen-bond acceptors (Lipinski definition) is 3. The van der Waals surface area contributed by atoms with E-state index in [4.69, 9.17) is 13.3 Å². The summed E-state index contributed by atoms with van der Waals surface area (Å²) >= 11 is 0. The van der Waals surface area contributed by atoms with Crippen LogP contribution in [0.1, 0.15) is 33.6 Å². The first-order valence-corrected chi connectivity index (χ1v) is 12.2. The van der Waals surface area contributed by atoms with Gasteiger partial charge in [-0.25, -0.2) is 0 Å². The molecular weight excluding hydrogens is 603 g/mol. The molecule has 38 heavy (non-hydrogen) atoms. The maximum Gasteiger partial charge on any atom is 0.500 e. The molecule has 0 fully saturated rings. The van der Waals surface area contributed by atoms with Crippen molar-refractivity contribution < 1.29 is 87.9 Å². The maximum atomic E-state index is 14.0. The fourth-order valence-corrected chi connectivity index (χ4v) is 5.49. The van der Waals surface area contributed by atoms with E-state index in [9.17, 15) is 74.6 Å². The molecule has 0 aliphatic rings. The second-order valence-electron chi connectivity index (χ2n) is 7.48. The van der Waals surface area contributed by atoms with E-state index < -0.39 is 75.3 Å². The van der Waals surface area contributed by atoms with Crippen molar-refractivity contribution in [2.45, 2.75) is 87.3 Å². The largest absolute Gasteiger partial charge is 0.500 e. The average molecular weight is 624 g/mol. The first-order valence-electron chi connectivity index (χ1n) is 10.3. The van der Waals surface area contributed by atoms with Crippen LogP contribution in [0.5, 0.6) is 0 Å². The number of halogens is 17. The van der Waals surface area contributed by atoms with Crippen LogP contribution in [-0.4, -0.2) is 76.3 Å². The van der Waals surface area contributed by atoms with Crippen molar-refractivity contribution in [1.29, 1.82) is 0 Å². The minimum atomic E-state index is -8.64. The minimum absolute atomic E-state index is 0.213. The van der Waals surface area contributed by atoms with Crippen LogP contribution in [0.2, 0.25) is 6.04 Å². The Bertz CT molecular complexity index is 752. The molecule has 0 unspecified atom stereocenters. The molecule has 0 aromatic heterocycles. The Morgan fingerprint density at radius 2 is 0.737 bits per heavy atom. The molecule has 0 radical (unpaired) electrons. The molecule has 230 valence electrons. The summed E-state index contributed by atoms with van der Waals surface area (Å²) in [5.41, 5.74) is 0. The van der Waals surface area contributed by atoms with Gasteiger partial charge in [0.1, 0.15) is 0 Å². The molecule has 21 heteroatoms. The quantitative estimate of drug-likeness (QED) is 0.130. The monoisotopic (exact) mass is 624 g/mol. The zero-order chi connectivity index (χ0) is 30.9. The molecule has 0 aromatic carbocycles. The van der Waals surface area contributed by atoms with Gasteiger partial charge in [0.15, 0.2) is 0 Å². The summed E-state index contributed by atoms with van der Waals surface area (Å²) in [6.07, 6.45) is -11.7. The zero-order valence-corrected chi connectivity index (χ0v) is 20.4. The van der Waals surface area contributed by atoms with Crippen LogP contribution in [0, 0.1) is 0 Å². The summed E-state index contributed by atoms with van der Waals surface area (Å²) in [6, 6.07) is -0.859. The molecule has 0 N–H and O–H groups in total. The van der Waals surface area contributed by atoms with Crippen molar-refractivity contribution in [2.24, 2.45) is 0 Å². The van der Waals surface area contributed by atoms with E-state index in [0.717, 1.165) is 0 Å². The third-order valence-electron chi connectivity index (χ3n) is 4.85. The molecule has 0 rings (SSSR count). The van der Waals surface area contributed by atoms with Gasteiger partial charge in [-0.2, -0.15) is 74.6 Å². The number of alkyl halides is 17. The van der Waals surface area contributed by atoms with Gasteiger partial charge in [-0.05, 0) is 27.2 Å². The van der Waals surface area contributed by atoms with Gasteiger partial charge < -0.3 is 13.3 Å². The molecule has 0 aromatic rings. The van der Waals surface area contributed by atoms with Gasteiger partial charge in [0, 0.05) is 32.3 Å². The van der Waals surface area contributed by atoms with E-state index in [-0.39, 0.29) is 19.8 Å². The molecule has 0 aliphatic heterocycles. The molecule has 0 spiro atoms. The summed E-state index contributed by atoms with van der Waals surface area (Å²) in [7, 11) is -3.95. The predicted molar refractivity (Wildman–Crippen MR) is 95.4 cm³/mol. The van der Waals surface area contributed by atoms with Crippen LogP contribution in [0.4, 0.5) is 74.6 Å². The number of rotatable bonds is 16. The lowest BCUT2D eigenvalue weighted by atomic mass is 9.88. The first kappa shape index (κ1) is 36.9. The predicted octanol–water partition coefficient (Wildman–Crippen LogP) is 7.82. The van der Waals surface area contributed by atoms with Gasteiger partial charge in [0.25, 0.3) is 0 Å². The van der Waals surface area contributed by atoms with Gasteiger partial charge in [-0.3, -0.25) is 0 Å². The Kier molecular flexibility index (Phi) is 11.1. The van der Waals surface area contributed by atoms with Gasteiger partial charge in [-0.15, -0.1) is 0 Å². The summed E-state index contributed by atoms with van der Waals surface area (Å²) in [6.45, 7) is 3.37. The van der Waals surface area contributed by atoms with E-state index in [2.05, 4.69) is 0 Å². The van der Waals surface area contributed by atoms with Crippen molar-refractivity contribution in [3.63, 3.8) is 0 Å². The third-order valence-corrected chi connectivity index (χ3v) is 8.00. The molecule has 0 heterocycles. The van der Waals surface area contributed by atoms with E-state index in [1.54, 1.807) is 0 Å². The molecule has 0 amide bonds. The highest BCUT2D eigenvalue weighted by Crippen LogP contribution is 2.64. The van der Waals surface area contributed by atoms with Gasteiger partial charge in [0.2, 0.25) is 0 Å². The fourth-order valence-electron chi connectivity index (χ4n) is 2.88. The lowest BCUT2D eigenvalue weighted by molar-refractivity contribution is -0.461. The van der Waals surface area contributed by atoms with Gasteiger partial charge >= 0.3 is 56.4 Å². The van der Waals surface area contributed by atoms with Crippen molar-refractivity contribution in [2.75, 3.05) is 19.8 Å². The maximum absolute atomic E-state index is 14.0. The van der Waals surface area contributed by atoms with E-state index in [0.29, 0.717) is 0 Å². The molecular formula is C17H21F17O3Si. The minimum Gasteiger partial charge on any atom is -0.374 e. The fraction of sp³-hybridized carbons (Fsp3) is 1.00. The standard InChI is InChI=1S/C17H21F17O3Si/c1-4-35-38(36-5-2,37-6-3)9-7-8-10(18,19)11(20,21)12(22,23)13(24,25)14(26,27)15(28,29)16(30,31)17(32,33)34/h4-9H2,1-3H3. The molecule has 0 bridgehead atoms. The molecule has 0 saturated heterocycles. The SMILES string of the molecule is CCO[Si](CCCC(F)(F)C(F)(F)C(F)(F)C(F)(F)C(F)(F)C(F)(F)C(F)(F)C(F)(F)F)(OCC)OCC. The van der Waals surface area contributed by atoms with E-state index in [1.807, 2.05) is 0 Å². The van der Waals surface area contributed by atoms with E-state index in [1.165, 1.54) is 20.8 Å². The summed E-state index contributed by atoms with van der Waals surface area (Å²) in [5.74, 6) is -56.3. The van der Waals surface area contributed by atoms with Crippen molar-refractivity contribution in [1.82, 2.24) is 0 Å². The zero-order valence-electron chi connectivity index (χ0n) is 19.4. The lowest BCUT2D eigenvalue weighted by Crippen LogP contribution is -2.74. The Morgan fingerprint density at radius 1 is 0.447 bits per heavy atom. The first-order chi connectivity index (χ1) is 16.6. The molecule has 0 saturated carbocycles. The lowest BCUT2D eigenvalue weighted by Gasteiger charge is -2.42. The Hall–Kier alpha value is -1.09. The van der Waals surface area contributed by atoms with Crippen LogP contribution in [0.25, 0.3) is 0 Å². The van der Waals surface area contributed by atoms with Crippen molar-refractivity contribution >= 4 is 8.80 Å². The Balaban J connectivity index is 6.34. The highest BCUT2D eigenvalue weighted by atomic mass is 28.4. The normalized spacial score (nSPS) is 15.8. The van der Waals surface area contributed by atoms with Crippen molar-refractivity contribution in [3.8, 4) is 0 Å². The van der Waals surface area contributed by atoms with Crippen LogP contribution < -0.4 is 0 Å². The summed E-state index contributed by atoms with van der Waals surface area (Å²) in [4.78, 5) is 0. The Morgan fingerprint density at radius 3 is 1.03 bits per heavy atom. The highest BCUT2D eigenvalue weighted by Gasteiger charge is 2.95. The van der Waals surface area contributed by atoms with Crippen LogP contribution in [0.3, 0.4) is 0 Å². The number of hydrogen-bond donors (Lipinski definition) is 0.